The van der Waals surface area contributed by atoms with E-state index in [-0.39, 0.29) is 0 Å². The zero-order valence-corrected chi connectivity index (χ0v) is 9.29. The molecular weight excluding hydrogens is 226 g/mol. The number of urea groups is 1. The second-order valence-corrected chi connectivity index (χ2v) is 3.27. The zero-order valence-electron chi connectivity index (χ0n) is 9.29. The first-order chi connectivity index (χ1) is 8.09. The summed E-state index contributed by atoms with van der Waals surface area (Å²) >= 11 is 0. The first-order valence-electron chi connectivity index (χ1n) is 4.84. The van der Waals surface area contributed by atoms with E-state index in [4.69, 9.17) is 5.11 Å². The number of pyridine rings is 1. The average Bonchev–Trinajstić information content (AvgIpc) is 2.29. The van der Waals surface area contributed by atoms with E-state index in [9.17, 15) is 9.59 Å². The minimum absolute atomic E-state index is 0.309. The Balaban J connectivity index is 2.34. The second kappa shape index (κ2) is 6.44. The van der Waals surface area contributed by atoms with Crippen LogP contribution in [0.15, 0.2) is 24.4 Å². The fraction of sp³-hybridized carbons (Fsp3) is 0.300. The normalized spacial score (nSPS) is 9.71. The molecule has 0 aliphatic rings. The van der Waals surface area contributed by atoms with E-state index in [1.54, 1.807) is 25.4 Å². The van der Waals surface area contributed by atoms with Gasteiger partial charge in [0.15, 0.2) is 6.61 Å². The van der Waals surface area contributed by atoms with Crippen LogP contribution in [0.2, 0.25) is 0 Å². The van der Waals surface area contributed by atoms with Crippen molar-refractivity contribution in [1.29, 1.82) is 0 Å². The third kappa shape index (κ3) is 4.94. The van der Waals surface area contributed by atoms with E-state index in [0.717, 1.165) is 5.69 Å². The van der Waals surface area contributed by atoms with Crippen LogP contribution in [0.1, 0.15) is 5.69 Å². The molecule has 0 spiro atoms. The minimum atomic E-state index is -1.15. The van der Waals surface area contributed by atoms with Gasteiger partial charge in [-0.2, -0.15) is 0 Å². The molecule has 2 amide bonds. The summed E-state index contributed by atoms with van der Waals surface area (Å²) in [6.45, 7) is -0.272. The van der Waals surface area contributed by atoms with Crippen molar-refractivity contribution in [1.82, 2.24) is 15.4 Å². The smallest absolute Gasteiger partial charge is 0.341 e. The number of carbonyl (C=O) groups excluding carboxylic acids is 1. The highest BCUT2D eigenvalue weighted by atomic mass is 16.7. The lowest BCUT2D eigenvalue weighted by Crippen LogP contribution is -2.37. The molecule has 0 radical (unpaired) electrons. The van der Waals surface area contributed by atoms with Crippen LogP contribution < -0.4 is 5.48 Å². The Morgan fingerprint density at radius 3 is 2.88 bits per heavy atom. The highest BCUT2D eigenvalue weighted by molar-refractivity contribution is 5.73. The Labute approximate surface area is 98.0 Å². The van der Waals surface area contributed by atoms with Crippen molar-refractivity contribution < 1.29 is 19.5 Å². The number of hydrogen-bond donors (Lipinski definition) is 2. The number of aromatic nitrogens is 1. The van der Waals surface area contributed by atoms with Crippen LogP contribution >= 0.6 is 0 Å². The summed E-state index contributed by atoms with van der Waals surface area (Å²) in [5, 5.41) is 8.30. The van der Waals surface area contributed by atoms with E-state index >= 15 is 0 Å². The lowest BCUT2D eigenvalue weighted by Gasteiger charge is -2.16. The summed E-state index contributed by atoms with van der Waals surface area (Å²) in [6, 6.07) is 4.84. The molecule has 7 nitrogen and oxygen atoms in total. The molecule has 1 heterocycles. The maximum Gasteiger partial charge on any atom is 0.341 e. The number of carboxylic acids is 1. The second-order valence-electron chi connectivity index (χ2n) is 3.27. The quantitative estimate of drug-likeness (QED) is 0.718. The van der Waals surface area contributed by atoms with Crippen molar-refractivity contribution in [3.63, 3.8) is 0 Å². The Morgan fingerprint density at radius 2 is 2.29 bits per heavy atom. The SMILES string of the molecule is CN(Cc1ccccn1)C(=O)NOCC(=O)O. The van der Waals surface area contributed by atoms with Crippen molar-refractivity contribution in [3.05, 3.63) is 30.1 Å². The van der Waals surface area contributed by atoms with Crippen molar-refractivity contribution in [3.8, 4) is 0 Å². The van der Waals surface area contributed by atoms with Gasteiger partial charge >= 0.3 is 12.0 Å². The Morgan fingerprint density at radius 1 is 1.53 bits per heavy atom. The van der Waals surface area contributed by atoms with Gasteiger partial charge in [0.2, 0.25) is 0 Å². The van der Waals surface area contributed by atoms with E-state index in [1.807, 2.05) is 11.5 Å². The summed E-state index contributed by atoms with van der Waals surface area (Å²) < 4.78 is 0. The number of nitrogens with zero attached hydrogens (tertiary/aromatic N) is 2. The fourth-order valence-corrected chi connectivity index (χ4v) is 1.04. The zero-order chi connectivity index (χ0) is 12.7. The van der Waals surface area contributed by atoms with Gasteiger partial charge in [-0.3, -0.25) is 9.82 Å². The third-order valence-electron chi connectivity index (χ3n) is 1.83. The fourth-order valence-electron chi connectivity index (χ4n) is 1.04. The maximum absolute atomic E-state index is 11.4. The molecule has 0 fully saturated rings. The number of hydroxylamine groups is 1. The molecule has 0 unspecified atom stereocenters. The van der Waals surface area contributed by atoms with E-state index in [0.29, 0.717) is 6.54 Å². The molecule has 0 bridgehead atoms. The first-order valence-corrected chi connectivity index (χ1v) is 4.84. The number of aliphatic carboxylic acids is 1. The molecule has 0 saturated carbocycles. The van der Waals surface area contributed by atoms with Crippen molar-refractivity contribution in [2.45, 2.75) is 6.54 Å². The average molecular weight is 239 g/mol. The summed E-state index contributed by atoms with van der Waals surface area (Å²) in [4.78, 5) is 31.4. The lowest BCUT2D eigenvalue weighted by molar-refractivity contribution is -0.144. The summed E-state index contributed by atoms with van der Waals surface area (Å²) in [5.41, 5.74) is 2.74. The molecule has 1 rings (SSSR count). The number of hydrogen-bond acceptors (Lipinski definition) is 4. The van der Waals surface area contributed by atoms with Crippen LogP contribution in [-0.4, -0.2) is 40.6 Å². The van der Waals surface area contributed by atoms with Gasteiger partial charge in [-0.25, -0.2) is 15.1 Å². The molecule has 0 aliphatic carbocycles. The molecule has 2 N–H and O–H groups in total. The van der Waals surface area contributed by atoms with Crippen LogP contribution in [0, 0.1) is 0 Å². The molecule has 0 aliphatic heterocycles. The molecule has 0 saturated heterocycles. The molecule has 1 aromatic rings. The standard InChI is InChI=1S/C10H13N3O4/c1-13(6-8-4-2-3-5-11-8)10(16)12-17-7-9(14)15/h2-5H,6-7H2,1H3,(H,12,16)(H,14,15). The molecule has 1 aromatic heterocycles. The van der Waals surface area contributed by atoms with E-state index < -0.39 is 18.6 Å². The van der Waals surface area contributed by atoms with Gasteiger partial charge in [0.1, 0.15) is 0 Å². The van der Waals surface area contributed by atoms with Gasteiger partial charge < -0.3 is 10.0 Å². The number of carbonyl (C=O) groups is 2. The van der Waals surface area contributed by atoms with E-state index in [2.05, 4.69) is 9.82 Å². The third-order valence-corrected chi connectivity index (χ3v) is 1.83. The summed E-state index contributed by atoms with van der Waals surface area (Å²) in [5.74, 6) is -1.15. The Bertz CT molecular complexity index is 382. The van der Waals surface area contributed by atoms with Crippen LogP contribution in [0.25, 0.3) is 0 Å². The molecule has 0 atom stereocenters. The van der Waals surface area contributed by atoms with Gasteiger partial charge in [-0.05, 0) is 12.1 Å². The van der Waals surface area contributed by atoms with Crippen molar-refractivity contribution >= 4 is 12.0 Å². The van der Waals surface area contributed by atoms with Crippen LogP contribution in [0.3, 0.4) is 0 Å². The van der Waals surface area contributed by atoms with Gasteiger partial charge in [-0.1, -0.05) is 6.07 Å². The molecule has 17 heavy (non-hydrogen) atoms. The number of rotatable bonds is 5. The minimum Gasteiger partial charge on any atom is -0.479 e. The van der Waals surface area contributed by atoms with Gasteiger partial charge in [0.25, 0.3) is 0 Å². The lowest BCUT2D eigenvalue weighted by atomic mass is 10.3. The van der Waals surface area contributed by atoms with Gasteiger partial charge in [-0.15, -0.1) is 0 Å². The van der Waals surface area contributed by atoms with Crippen LogP contribution in [0.4, 0.5) is 4.79 Å². The number of carboxylic acid groups (broad SMARTS) is 1. The van der Waals surface area contributed by atoms with E-state index in [1.165, 1.54) is 4.90 Å². The van der Waals surface area contributed by atoms with Crippen LogP contribution in [-0.2, 0) is 16.2 Å². The molecule has 92 valence electrons. The van der Waals surface area contributed by atoms with Crippen molar-refractivity contribution in [2.75, 3.05) is 13.7 Å². The largest absolute Gasteiger partial charge is 0.479 e. The highest BCUT2D eigenvalue weighted by Gasteiger charge is 2.09. The number of nitrogens with one attached hydrogen (secondary N) is 1. The predicted molar refractivity (Wildman–Crippen MR) is 57.8 cm³/mol. The molecule has 7 heteroatoms. The topological polar surface area (TPSA) is 91.8 Å². The predicted octanol–water partition coefficient (Wildman–Crippen LogP) is 0.239. The van der Waals surface area contributed by atoms with Crippen molar-refractivity contribution in [2.24, 2.45) is 0 Å². The molecule has 0 aromatic carbocycles. The monoisotopic (exact) mass is 239 g/mol. The molecular formula is C10H13N3O4. The summed E-state index contributed by atoms with van der Waals surface area (Å²) in [6.07, 6.45) is 1.63. The van der Waals surface area contributed by atoms with Gasteiger partial charge in [0, 0.05) is 13.2 Å². The van der Waals surface area contributed by atoms with Gasteiger partial charge in [0.05, 0.1) is 12.2 Å². The van der Waals surface area contributed by atoms with Crippen LogP contribution in [0.5, 0.6) is 0 Å². The highest BCUT2D eigenvalue weighted by Crippen LogP contribution is 1.98. The Kier molecular flexibility index (Phi) is 4.89. The number of amides is 2. The maximum atomic E-state index is 11.4. The first kappa shape index (κ1) is 12.9. The summed E-state index contributed by atoms with van der Waals surface area (Å²) in [7, 11) is 1.55. The Hall–Kier alpha value is -2.15.